The molecule has 1 saturated heterocycles. The Morgan fingerprint density at radius 1 is 1.53 bits per heavy atom. The summed E-state index contributed by atoms with van der Waals surface area (Å²) < 4.78 is 0. The van der Waals surface area contributed by atoms with Gasteiger partial charge in [-0.1, -0.05) is 20.8 Å². The van der Waals surface area contributed by atoms with E-state index < -0.39 is 6.09 Å². The van der Waals surface area contributed by atoms with Crippen LogP contribution in [-0.4, -0.2) is 34.2 Å². The maximum atomic E-state index is 11.1. The molecule has 1 aliphatic heterocycles. The van der Waals surface area contributed by atoms with Crippen molar-refractivity contribution in [1.29, 1.82) is 0 Å². The van der Waals surface area contributed by atoms with Crippen LogP contribution in [-0.2, 0) is 0 Å². The van der Waals surface area contributed by atoms with Crippen molar-refractivity contribution in [3.8, 4) is 0 Å². The maximum Gasteiger partial charge on any atom is 0.407 e. The average molecular weight is 214 g/mol. The van der Waals surface area contributed by atoms with Crippen molar-refractivity contribution in [2.75, 3.05) is 6.54 Å². The summed E-state index contributed by atoms with van der Waals surface area (Å²) in [7, 11) is 0. The second-order valence-electron chi connectivity index (χ2n) is 5.97. The summed E-state index contributed by atoms with van der Waals surface area (Å²) >= 11 is 0. The molecule has 0 radical (unpaired) electrons. The number of carboxylic acid groups (broad SMARTS) is 1. The van der Waals surface area contributed by atoms with Crippen LogP contribution in [0.4, 0.5) is 4.79 Å². The zero-order valence-corrected chi connectivity index (χ0v) is 10.1. The molecule has 1 fully saturated rings. The van der Waals surface area contributed by atoms with Gasteiger partial charge in [0.2, 0.25) is 0 Å². The standard InChI is InChI=1S/C11H22N2O2/c1-10(2,3)8-7-11(4,12)5-6-13(8)9(14)15/h8H,5-7,12H2,1-4H3,(H,14,15). The number of likely N-dealkylation sites (tertiary alicyclic amines) is 1. The normalized spacial score (nSPS) is 32.9. The van der Waals surface area contributed by atoms with E-state index in [1.807, 2.05) is 6.92 Å². The molecule has 0 aromatic heterocycles. The van der Waals surface area contributed by atoms with Crippen molar-refractivity contribution in [3.05, 3.63) is 0 Å². The summed E-state index contributed by atoms with van der Waals surface area (Å²) in [5.74, 6) is 0. The minimum Gasteiger partial charge on any atom is -0.465 e. The number of nitrogens with two attached hydrogens (primary N) is 1. The molecule has 2 unspecified atom stereocenters. The molecule has 0 spiro atoms. The van der Waals surface area contributed by atoms with E-state index in [9.17, 15) is 4.79 Å². The van der Waals surface area contributed by atoms with Crippen LogP contribution in [0, 0.1) is 5.41 Å². The van der Waals surface area contributed by atoms with Crippen molar-refractivity contribution < 1.29 is 9.90 Å². The predicted octanol–water partition coefficient (Wildman–Crippen LogP) is 1.89. The number of piperidine rings is 1. The molecular weight excluding hydrogens is 192 g/mol. The van der Waals surface area contributed by atoms with E-state index in [0.29, 0.717) is 6.54 Å². The van der Waals surface area contributed by atoms with Gasteiger partial charge in [0.15, 0.2) is 0 Å². The van der Waals surface area contributed by atoms with Gasteiger partial charge in [-0.3, -0.25) is 0 Å². The summed E-state index contributed by atoms with van der Waals surface area (Å²) in [4.78, 5) is 12.6. The van der Waals surface area contributed by atoms with Crippen LogP contribution in [0.15, 0.2) is 0 Å². The Morgan fingerprint density at radius 2 is 2.07 bits per heavy atom. The van der Waals surface area contributed by atoms with E-state index >= 15 is 0 Å². The Morgan fingerprint density at radius 3 is 2.47 bits per heavy atom. The first-order valence-corrected chi connectivity index (χ1v) is 5.42. The highest BCUT2D eigenvalue weighted by Crippen LogP contribution is 2.35. The van der Waals surface area contributed by atoms with Crippen LogP contribution < -0.4 is 5.73 Å². The largest absolute Gasteiger partial charge is 0.465 e. The number of amides is 1. The lowest BCUT2D eigenvalue weighted by molar-refractivity contribution is 0.0361. The molecule has 4 nitrogen and oxygen atoms in total. The van der Waals surface area contributed by atoms with Crippen LogP contribution in [0.2, 0.25) is 0 Å². The minimum absolute atomic E-state index is 0.0127. The van der Waals surface area contributed by atoms with Crippen LogP contribution in [0.1, 0.15) is 40.5 Å². The fourth-order valence-corrected chi connectivity index (χ4v) is 2.19. The van der Waals surface area contributed by atoms with Crippen LogP contribution in [0.5, 0.6) is 0 Å². The highest BCUT2D eigenvalue weighted by atomic mass is 16.4. The summed E-state index contributed by atoms with van der Waals surface area (Å²) in [5.41, 5.74) is 5.82. The third-order valence-electron chi connectivity index (χ3n) is 3.21. The highest BCUT2D eigenvalue weighted by molar-refractivity contribution is 5.65. The lowest BCUT2D eigenvalue weighted by atomic mass is 9.75. The molecule has 0 aromatic carbocycles. The first kappa shape index (κ1) is 12.3. The molecule has 0 aliphatic carbocycles. The van der Waals surface area contributed by atoms with Gasteiger partial charge in [-0.05, 0) is 25.2 Å². The van der Waals surface area contributed by atoms with E-state index in [1.165, 1.54) is 4.90 Å². The van der Waals surface area contributed by atoms with E-state index in [-0.39, 0.29) is 17.0 Å². The molecule has 1 rings (SSSR count). The zero-order chi connectivity index (χ0) is 11.9. The molecule has 2 atom stereocenters. The first-order chi connectivity index (χ1) is 6.63. The summed E-state index contributed by atoms with van der Waals surface area (Å²) in [6.45, 7) is 8.74. The Bertz CT molecular complexity index is 256. The van der Waals surface area contributed by atoms with Gasteiger partial charge in [-0.2, -0.15) is 0 Å². The molecule has 15 heavy (non-hydrogen) atoms. The number of hydrogen-bond acceptors (Lipinski definition) is 2. The molecular formula is C11H22N2O2. The highest BCUT2D eigenvalue weighted by Gasteiger charge is 2.41. The molecule has 1 heterocycles. The van der Waals surface area contributed by atoms with Crippen molar-refractivity contribution >= 4 is 6.09 Å². The minimum atomic E-state index is -0.828. The van der Waals surface area contributed by atoms with Crippen molar-refractivity contribution in [2.45, 2.75) is 52.1 Å². The van der Waals surface area contributed by atoms with Gasteiger partial charge in [-0.25, -0.2) is 4.79 Å². The monoisotopic (exact) mass is 214 g/mol. The Hall–Kier alpha value is -0.770. The van der Waals surface area contributed by atoms with Crippen molar-refractivity contribution in [3.63, 3.8) is 0 Å². The van der Waals surface area contributed by atoms with Crippen LogP contribution >= 0.6 is 0 Å². The summed E-state index contributed by atoms with van der Waals surface area (Å²) in [5, 5.41) is 9.13. The zero-order valence-electron chi connectivity index (χ0n) is 10.1. The number of rotatable bonds is 0. The van der Waals surface area contributed by atoms with E-state index in [4.69, 9.17) is 10.8 Å². The van der Waals surface area contributed by atoms with E-state index in [1.54, 1.807) is 0 Å². The van der Waals surface area contributed by atoms with Gasteiger partial charge in [0.25, 0.3) is 0 Å². The smallest absolute Gasteiger partial charge is 0.407 e. The van der Waals surface area contributed by atoms with E-state index in [2.05, 4.69) is 20.8 Å². The second-order valence-corrected chi connectivity index (χ2v) is 5.97. The Balaban J connectivity index is 2.88. The maximum absolute atomic E-state index is 11.1. The Kier molecular flexibility index (Phi) is 3.01. The van der Waals surface area contributed by atoms with Crippen molar-refractivity contribution in [1.82, 2.24) is 4.90 Å². The summed E-state index contributed by atoms with van der Waals surface area (Å²) in [6, 6.07) is 0.0127. The third kappa shape index (κ3) is 2.84. The number of carbonyl (C=O) groups is 1. The van der Waals surface area contributed by atoms with Gasteiger partial charge in [0.1, 0.15) is 0 Å². The molecule has 3 N–H and O–H groups in total. The van der Waals surface area contributed by atoms with Gasteiger partial charge in [0.05, 0.1) is 0 Å². The summed E-state index contributed by atoms with van der Waals surface area (Å²) in [6.07, 6.45) is 0.653. The van der Waals surface area contributed by atoms with Gasteiger partial charge < -0.3 is 15.7 Å². The van der Waals surface area contributed by atoms with Crippen LogP contribution in [0.3, 0.4) is 0 Å². The molecule has 0 bridgehead atoms. The SMILES string of the molecule is CC1(N)CCN(C(=O)O)C(C(C)(C)C)C1. The molecule has 4 heteroatoms. The fourth-order valence-electron chi connectivity index (χ4n) is 2.19. The lowest BCUT2D eigenvalue weighted by Crippen LogP contribution is -2.58. The first-order valence-electron chi connectivity index (χ1n) is 5.42. The van der Waals surface area contributed by atoms with E-state index in [0.717, 1.165) is 12.8 Å². The van der Waals surface area contributed by atoms with Gasteiger partial charge >= 0.3 is 6.09 Å². The molecule has 88 valence electrons. The van der Waals surface area contributed by atoms with Gasteiger partial charge in [0, 0.05) is 18.1 Å². The lowest BCUT2D eigenvalue weighted by Gasteiger charge is -2.47. The number of hydrogen-bond donors (Lipinski definition) is 2. The second kappa shape index (κ2) is 3.67. The Labute approximate surface area is 91.4 Å². The third-order valence-corrected chi connectivity index (χ3v) is 3.21. The average Bonchev–Trinajstić information content (AvgIpc) is 2.00. The topological polar surface area (TPSA) is 66.6 Å². The fraction of sp³-hybridized carbons (Fsp3) is 0.909. The van der Waals surface area contributed by atoms with Gasteiger partial charge in [-0.15, -0.1) is 0 Å². The van der Waals surface area contributed by atoms with Crippen molar-refractivity contribution in [2.24, 2.45) is 11.1 Å². The molecule has 1 aliphatic rings. The predicted molar refractivity (Wildman–Crippen MR) is 59.8 cm³/mol. The molecule has 1 amide bonds. The van der Waals surface area contributed by atoms with Crippen LogP contribution in [0.25, 0.3) is 0 Å². The molecule has 0 aromatic rings. The quantitative estimate of drug-likeness (QED) is 0.647. The number of nitrogens with zero attached hydrogens (tertiary/aromatic N) is 1. The molecule has 0 saturated carbocycles.